The Morgan fingerprint density at radius 3 is 2.93 bits per heavy atom. The summed E-state index contributed by atoms with van der Waals surface area (Å²) in [6.45, 7) is 3.31. The van der Waals surface area contributed by atoms with Gasteiger partial charge in [-0.3, -0.25) is 0 Å². The Balaban J connectivity index is 2.40. The first kappa shape index (κ1) is 12.3. The van der Waals surface area contributed by atoms with E-state index in [1.54, 1.807) is 12.0 Å². The van der Waals surface area contributed by atoms with Crippen LogP contribution in [0.25, 0.3) is 0 Å². The standard InChI is InChI=1S/C10H19NO4/c1-8-3-4-11(7-9(8)14-2)10(13)15-6-5-12/h8-9,12H,3-7H2,1-2H3. The highest BCUT2D eigenvalue weighted by atomic mass is 16.6. The van der Waals surface area contributed by atoms with Crippen LogP contribution in [0.5, 0.6) is 0 Å². The molecule has 15 heavy (non-hydrogen) atoms. The fourth-order valence-electron chi connectivity index (χ4n) is 1.73. The molecular formula is C10H19NO4. The highest BCUT2D eigenvalue weighted by Crippen LogP contribution is 2.19. The zero-order chi connectivity index (χ0) is 11.3. The second kappa shape index (κ2) is 5.92. The summed E-state index contributed by atoms with van der Waals surface area (Å²) in [5, 5.41) is 8.53. The molecule has 0 aromatic rings. The summed E-state index contributed by atoms with van der Waals surface area (Å²) >= 11 is 0. The summed E-state index contributed by atoms with van der Waals surface area (Å²) in [5.74, 6) is 0.469. The highest BCUT2D eigenvalue weighted by Gasteiger charge is 2.29. The molecule has 1 fully saturated rings. The number of rotatable bonds is 3. The molecule has 1 aliphatic heterocycles. The van der Waals surface area contributed by atoms with E-state index in [9.17, 15) is 4.79 Å². The van der Waals surface area contributed by atoms with E-state index in [1.165, 1.54) is 0 Å². The zero-order valence-electron chi connectivity index (χ0n) is 9.31. The van der Waals surface area contributed by atoms with Crippen molar-refractivity contribution in [2.75, 3.05) is 33.4 Å². The van der Waals surface area contributed by atoms with Crippen LogP contribution in [0.3, 0.4) is 0 Å². The highest BCUT2D eigenvalue weighted by molar-refractivity contribution is 5.67. The number of carbonyl (C=O) groups excluding carboxylic acids is 1. The van der Waals surface area contributed by atoms with Crippen LogP contribution in [-0.4, -0.2) is 55.6 Å². The van der Waals surface area contributed by atoms with E-state index < -0.39 is 0 Å². The minimum Gasteiger partial charge on any atom is -0.447 e. The van der Waals surface area contributed by atoms with Crippen molar-refractivity contribution < 1.29 is 19.4 Å². The third-order valence-corrected chi connectivity index (χ3v) is 2.77. The number of amides is 1. The third kappa shape index (κ3) is 3.35. The van der Waals surface area contributed by atoms with Crippen LogP contribution in [0.15, 0.2) is 0 Å². The molecule has 1 N–H and O–H groups in total. The molecule has 1 aliphatic rings. The Morgan fingerprint density at radius 1 is 1.60 bits per heavy atom. The molecule has 88 valence electrons. The number of hydrogen-bond donors (Lipinski definition) is 1. The largest absolute Gasteiger partial charge is 0.447 e. The van der Waals surface area contributed by atoms with Gasteiger partial charge in [0.1, 0.15) is 6.61 Å². The summed E-state index contributed by atoms with van der Waals surface area (Å²) in [7, 11) is 1.66. The number of aliphatic hydroxyl groups is 1. The van der Waals surface area contributed by atoms with Gasteiger partial charge in [-0.05, 0) is 12.3 Å². The molecule has 0 aliphatic carbocycles. The zero-order valence-corrected chi connectivity index (χ0v) is 9.31. The van der Waals surface area contributed by atoms with Gasteiger partial charge < -0.3 is 19.5 Å². The molecule has 2 unspecified atom stereocenters. The summed E-state index contributed by atoms with van der Waals surface area (Å²) in [5.41, 5.74) is 0. The van der Waals surface area contributed by atoms with Gasteiger partial charge in [0.2, 0.25) is 0 Å². The van der Waals surface area contributed by atoms with Gasteiger partial charge in [-0.1, -0.05) is 6.92 Å². The van der Waals surface area contributed by atoms with Crippen LogP contribution in [-0.2, 0) is 9.47 Å². The van der Waals surface area contributed by atoms with Crippen LogP contribution in [0.2, 0.25) is 0 Å². The lowest BCUT2D eigenvalue weighted by Crippen LogP contribution is -2.46. The lowest BCUT2D eigenvalue weighted by molar-refractivity contribution is -0.00805. The van der Waals surface area contributed by atoms with Crippen LogP contribution in [0.1, 0.15) is 13.3 Å². The number of nitrogens with zero attached hydrogens (tertiary/aromatic N) is 1. The second-order valence-corrected chi connectivity index (χ2v) is 3.82. The van der Waals surface area contributed by atoms with Crippen molar-refractivity contribution in [3.63, 3.8) is 0 Å². The lowest BCUT2D eigenvalue weighted by atomic mass is 9.96. The van der Waals surface area contributed by atoms with Crippen LogP contribution < -0.4 is 0 Å². The number of ether oxygens (including phenoxy) is 2. The molecule has 0 saturated carbocycles. The Labute approximate surface area is 90.0 Å². The average molecular weight is 217 g/mol. The SMILES string of the molecule is COC1CN(C(=O)OCCO)CCC1C. The van der Waals surface area contributed by atoms with Gasteiger partial charge in [0, 0.05) is 13.7 Å². The number of carbonyl (C=O) groups is 1. The number of hydrogen-bond acceptors (Lipinski definition) is 4. The van der Waals surface area contributed by atoms with E-state index in [2.05, 4.69) is 6.92 Å². The van der Waals surface area contributed by atoms with Crippen LogP contribution >= 0.6 is 0 Å². The van der Waals surface area contributed by atoms with Gasteiger partial charge in [0.25, 0.3) is 0 Å². The number of methoxy groups -OCH3 is 1. The Hall–Kier alpha value is -0.810. The van der Waals surface area contributed by atoms with E-state index in [4.69, 9.17) is 14.6 Å². The summed E-state index contributed by atoms with van der Waals surface area (Å²) in [6, 6.07) is 0. The van der Waals surface area contributed by atoms with E-state index in [0.717, 1.165) is 6.42 Å². The average Bonchev–Trinajstić information content (AvgIpc) is 2.26. The Bertz CT molecular complexity index is 210. The predicted molar refractivity (Wildman–Crippen MR) is 54.6 cm³/mol. The van der Waals surface area contributed by atoms with E-state index in [-0.39, 0.29) is 25.4 Å². The fourth-order valence-corrected chi connectivity index (χ4v) is 1.73. The van der Waals surface area contributed by atoms with Crippen molar-refractivity contribution in [3.05, 3.63) is 0 Å². The lowest BCUT2D eigenvalue weighted by Gasteiger charge is -2.35. The number of piperidine rings is 1. The minimum absolute atomic E-state index is 0.0581. The van der Waals surface area contributed by atoms with Crippen molar-refractivity contribution >= 4 is 6.09 Å². The molecule has 0 radical (unpaired) electrons. The van der Waals surface area contributed by atoms with Gasteiger partial charge in [-0.15, -0.1) is 0 Å². The normalized spacial score (nSPS) is 26.5. The quantitative estimate of drug-likeness (QED) is 0.746. The van der Waals surface area contributed by atoms with Gasteiger partial charge in [0.05, 0.1) is 19.3 Å². The van der Waals surface area contributed by atoms with Crippen molar-refractivity contribution in [2.24, 2.45) is 5.92 Å². The van der Waals surface area contributed by atoms with Crippen molar-refractivity contribution in [1.29, 1.82) is 0 Å². The second-order valence-electron chi connectivity index (χ2n) is 3.82. The van der Waals surface area contributed by atoms with E-state index >= 15 is 0 Å². The molecule has 0 aromatic carbocycles. The number of likely N-dealkylation sites (tertiary alicyclic amines) is 1. The van der Waals surface area contributed by atoms with Gasteiger partial charge in [-0.2, -0.15) is 0 Å². The van der Waals surface area contributed by atoms with Gasteiger partial charge in [-0.25, -0.2) is 4.79 Å². The van der Waals surface area contributed by atoms with E-state index in [0.29, 0.717) is 19.0 Å². The first-order valence-electron chi connectivity index (χ1n) is 5.24. The number of aliphatic hydroxyl groups excluding tert-OH is 1. The fraction of sp³-hybridized carbons (Fsp3) is 0.900. The molecular weight excluding hydrogens is 198 g/mol. The molecule has 1 amide bonds. The minimum atomic E-state index is -0.363. The summed E-state index contributed by atoms with van der Waals surface area (Å²) < 4.78 is 10.1. The van der Waals surface area contributed by atoms with Gasteiger partial charge in [0.15, 0.2) is 0 Å². The summed E-state index contributed by atoms with van der Waals surface area (Å²) in [4.78, 5) is 13.1. The monoisotopic (exact) mass is 217 g/mol. The van der Waals surface area contributed by atoms with Crippen molar-refractivity contribution in [3.8, 4) is 0 Å². The first-order valence-corrected chi connectivity index (χ1v) is 5.24. The topological polar surface area (TPSA) is 59.0 Å². The van der Waals surface area contributed by atoms with Crippen LogP contribution in [0, 0.1) is 5.92 Å². The molecule has 0 bridgehead atoms. The molecule has 2 atom stereocenters. The molecule has 5 nitrogen and oxygen atoms in total. The first-order chi connectivity index (χ1) is 7.19. The molecule has 1 rings (SSSR count). The molecule has 0 spiro atoms. The smallest absolute Gasteiger partial charge is 0.409 e. The van der Waals surface area contributed by atoms with Crippen LogP contribution in [0.4, 0.5) is 4.79 Å². The van der Waals surface area contributed by atoms with Crippen molar-refractivity contribution in [2.45, 2.75) is 19.4 Å². The Morgan fingerprint density at radius 2 is 2.33 bits per heavy atom. The summed E-state index contributed by atoms with van der Waals surface area (Å²) in [6.07, 6.45) is 0.644. The third-order valence-electron chi connectivity index (χ3n) is 2.77. The maximum atomic E-state index is 11.5. The maximum absolute atomic E-state index is 11.5. The van der Waals surface area contributed by atoms with Crippen molar-refractivity contribution in [1.82, 2.24) is 4.90 Å². The molecule has 1 heterocycles. The molecule has 0 aromatic heterocycles. The predicted octanol–water partition coefficient (Wildman–Crippen LogP) is 0.472. The maximum Gasteiger partial charge on any atom is 0.409 e. The van der Waals surface area contributed by atoms with E-state index in [1.807, 2.05) is 0 Å². The molecule has 5 heteroatoms. The van der Waals surface area contributed by atoms with Gasteiger partial charge >= 0.3 is 6.09 Å². The Kier molecular flexibility index (Phi) is 4.84. The molecule has 1 saturated heterocycles.